The minimum Gasteiger partial charge on any atom is -0.465 e. The fourth-order valence-electron chi connectivity index (χ4n) is 2.89. The third-order valence-electron chi connectivity index (χ3n) is 5.06. The van der Waals surface area contributed by atoms with Crippen molar-refractivity contribution in [2.45, 2.75) is 43.4 Å². The topological polar surface area (TPSA) is 77.5 Å². The number of benzene rings is 2. The predicted molar refractivity (Wildman–Crippen MR) is 101 cm³/mol. The van der Waals surface area contributed by atoms with Gasteiger partial charge in [-0.1, -0.05) is 25.1 Å². The number of carbonyl (C=O) groups is 2. The van der Waals surface area contributed by atoms with E-state index in [1.165, 1.54) is 24.3 Å². The van der Waals surface area contributed by atoms with E-state index in [1.54, 1.807) is 18.2 Å². The van der Waals surface area contributed by atoms with Crippen molar-refractivity contribution in [3.8, 4) is 0 Å². The van der Waals surface area contributed by atoms with Crippen LogP contribution in [0.1, 0.15) is 48.7 Å². The highest BCUT2D eigenvalue weighted by Gasteiger charge is 2.34. The molecule has 0 radical (unpaired) electrons. The molecule has 1 aliphatic rings. The molecule has 0 N–H and O–H groups in total. The number of esters is 1. The van der Waals surface area contributed by atoms with E-state index in [1.807, 2.05) is 20.8 Å². The van der Waals surface area contributed by atoms with E-state index in [0.717, 1.165) is 0 Å². The molecule has 142 valence electrons. The maximum absolute atomic E-state index is 12.9. The smallest absolute Gasteiger partial charge is 0.311 e. The standard InChI is InChI=1S/C21H22O5S/c1-4-21(2,3)20(23)26-12-11-14-9-10-16-18(13-14)27(24,25)17-8-6-5-7-15(17)19(16)22/h5-10,13H,4,11-12H2,1-3H3. The number of ether oxygens (including phenoxy) is 1. The van der Waals surface area contributed by atoms with E-state index in [9.17, 15) is 18.0 Å². The highest BCUT2D eigenvalue weighted by molar-refractivity contribution is 7.91. The van der Waals surface area contributed by atoms with Crippen LogP contribution in [0.3, 0.4) is 0 Å². The van der Waals surface area contributed by atoms with Gasteiger partial charge in [-0.2, -0.15) is 0 Å². The van der Waals surface area contributed by atoms with Gasteiger partial charge < -0.3 is 4.74 Å². The van der Waals surface area contributed by atoms with Crippen molar-refractivity contribution in [1.82, 2.24) is 0 Å². The molecule has 0 amide bonds. The van der Waals surface area contributed by atoms with Gasteiger partial charge in [-0.3, -0.25) is 9.59 Å². The second-order valence-corrected chi connectivity index (χ2v) is 9.17. The van der Waals surface area contributed by atoms with E-state index in [4.69, 9.17) is 4.74 Å². The van der Waals surface area contributed by atoms with Crippen LogP contribution < -0.4 is 0 Å². The van der Waals surface area contributed by atoms with Gasteiger partial charge in [0, 0.05) is 17.5 Å². The van der Waals surface area contributed by atoms with Crippen LogP contribution in [-0.4, -0.2) is 26.8 Å². The molecule has 1 heterocycles. The highest BCUT2D eigenvalue weighted by Crippen LogP contribution is 2.34. The molecule has 0 atom stereocenters. The molecule has 0 aromatic heterocycles. The second-order valence-electron chi connectivity index (χ2n) is 7.28. The fourth-order valence-corrected chi connectivity index (χ4v) is 4.59. The van der Waals surface area contributed by atoms with E-state index in [2.05, 4.69) is 0 Å². The molecule has 6 heteroatoms. The molecular formula is C21H22O5S. The van der Waals surface area contributed by atoms with Crippen LogP contribution >= 0.6 is 0 Å². The number of hydrogen-bond acceptors (Lipinski definition) is 5. The number of hydrogen-bond donors (Lipinski definition) is 0. The minimum atomic E-state index is -3.75. The summed E-state index contributed by atoms with van der Waals surface area (Å²) in [6.45, 7) is 5.73. The van der Waals surface area contributed by atoms with Crippen molar-refractivity contribution in [2.24, 2.45) is 5.41 Å². The van der Waals surface area contributed by atoms with Gasteiger partial charge in [-0.25, -0.2) is 8.42 Å². The predicted octanol–water partition coefficient (Wildman–Crippen LogP) is 3.59. The molecule has 2 aromatic rings. The molecule has 5 nitrogen and oxygen atoms in total. The zero-order valence-electron chi connectivity index (χ0n) is 15.6. The first kappa shape index (κ1) is 19.3. The summed E-state index contributed by atoms with van der Waals surface area (Å²) in [7, 11) is -3.75. The van der Waals surface area contributed by atoms with Gasteiger partial charge in [-0.15, -0.1) is 0 Å². The number of rotatable bonds is 5. The molecule has 0 bridgehead atoms. The van der Waals surface area contributed by atoms with Crippen LogP contribution in [0.5, 0.6) is 0 Å². The SMILES string of the molecule is CCC(C)(C)C(=O)OCCc1ccc2c(c1)S(=O)(=O)c1ccccc1C2=O. The van der Waals surface area contributed by atoms with Crippen molar-refractivity contribution in [3.05, 3.63) is 59.2 Å². The number of fused-ring (bicyclic) bond motifs is 2. The molecule has 0 saturated carbocycles. The van der Waals surface area contributed by atoms with Crippen LogP contribution in [0.4, 0.5) is 0 Å². The third kappa shape index (κ3) is 3.41. The monoisotopic (exact) mass is 386 g/mol. The summed E-state index contributed by atoms with van der Waals surface area (Å²) >= 11 is 0. The van der Waals surface area contributed by atoms with E-state index < -0.39 is 15.3 Å². The van der Waals surface area contributed by atoms with Crippen molar-refractivity contribution in [1.29, 1.82) is 0 Å². The van der Waals surface area contributed by atoms with Gasteiger partial charge in [0.05, 0.1) is 21.8 Å². The molecular weight excluding hydrogens is 364 g/mol. The first-order valence-electron chi connectivity index (χ1n) is 8.87. The Bertz CT molecular complexity index is 1020. The first-order valence-corrected chi connectivity index (χ1v) is 10.4. The van der Waals surface area contributed by atoms with Gasteiger partial charge in [0.15, 0.2) is 5.78 Å². The van der Waals surface area contributed by atoms with Crippen molar-refractivity contribution in [2.75, 3.05) is 6.61 Å². The van der Waals surface area contributed by atoms with E-state index in [-0.39, 0.29) is 39.3 Å². The summed E-state index contributed by atoms with van der Waals surface area (Å²) in [5.41, 5.74) is 0.539. The Morgan fingerprint density at radius 1 is 1.04 bits per heavy atom. The van der Waals surface area contributed by atoms with Crippen LogP contribution in [0.25, 0.3) is 0 Å². The summed E-state index contributed by atoms with van der Waals surface area (Å²) in [6.07, 6.45) is 1.05. The molecule has 0 fully saturated rings. The zero-order valence-corrected chi connectivity index (χ0v) is 16.4. The molecule has 0 aliphatic carbocycles. The van der Waals surface area contributed by atoms with Gasteiger partial charge in [0.25, 0.3) is 0 Å². The van der Waals surface area contributed by atoms with Crippen molar-refractivity contribution >= 4 is 21.6 Å². The van der Waals surface area contributed by atoms with Gasteiger partial charge in [0.2, 0.25) is 9.84 Å². The third-order valence-corrected chi connectivity index (χ3v) is 6.91. The fraction of sp³-hybridized carbons (Fsp3) is 0.333. The van der Waals surface area contributed by atoms with E-state index in [0.29, 0.717) is 18.4 Å². The largest absolute Gasteiger partial charge is 0.465 e. The summed E-state index contributed by atoms with van der Waals surface area (Å²) in [4.78, 5) is 24.7. The maximum Gasteiger partial charge on any atom is 0.311 e. The highest BCUT2D eigenvalue weighted by atomic mass is 32.2. The Morgan fingerprint density at radius 2 is 1.70 bits per heavy atom. The van der Waals surface area contributed by atoms with E-state index >= 15 is 0 Å². The average Bonchev–Trinajstić information content (AvgIpc) is 2.66. The lowest BCUT2D eigenvalue weighted by Crippen LogP contribution is -2.26. The number of ketones is 1. The quantitative estimate of drug-likeness (QED) is 0.626. The lowest BCUT2D eigenvalue weighted by atomic mass is 9.91. The molecule has 27 heavy (non-hydrogen) atoms. The minimum absolute atomic E-state index is 0.0175. The first-order chi connectivity index (χ1) is 12.7. The normalized spacial score (nSPS) is 15.0. The van der Waals surface area contributed by atoms with Gasteiger partial charge >= 0.3 is 5.97 Å². The molecule has 0 saturated heterocycles. The molecule has 0 spiro atoms. The van der Waals surface area contributed by atoms with Gasteiger partial charge in [-0.05, 0) is 50.1 Å². The molecule has 2 aromatic carbocycles. The summed E-state index contributed by atoms with van der Waals surface area (Å²) < 4.78 is 31.1. The lowest BCUT2D eigenvalue weighted by molar-refractivity contribution is -0.154. The summed E-state index contributed by atoms with van der Waals surface area (Å²) in [5.74, 6) is -0.571. The Balaban J connectivity index is 1.84. The van der Waals surface area contributed by atoms with Gasteiger partial charge in [0.1, 0.15) is 0 Å². The van der Waals surface area contributed by atoms with Crippen molar-refractivity contribution in [3.63, 3.8) is 0 Å². The number of carbonyl (C=O) groups excluding carboxylic acids is 2. The maximum atomic E-state index is 12.9. The summed E-state index contributed by atoms with van der Waals surface area (Å²) in [6, 6.07) is 11.0. The lowest BCUT2D eigenvalue weighted by Gasteiger charge is -2.21. The van der Waals surface area contributed by atoms with Crippen molar-refractivity contribution < 1.29 is 22.7 Å². The molecule has 0 unspecified atom stereocenters. The Labute approximate surface area is 159 Å². The van der Waals surface area contributed by atoms with Crippen LogP contribution in [0.2, 0.25) is 0 Å². The Hall–Kier alpha value is -2.47. The van der Waals surface area contributed by atoms with Crippen LogP contribution in [0.15, 0.2) is 52.3 Å². The van der Waals surface area contributed by atoms with Crippen LogP contribution in [-0.2, 0) is 25.8 Å². The Morgan fingerprint density at radius 3 is 2.41 bits per heavy atom. The zero-order chi connectivity index (χ0) is 19.8. The number of sulfone groups is 1. The van der Waals surface area contributed by atoms with Crippen LogP contribution in [0, 0.1) is 5.41 Å². The Kier molecular flexibility index (Phi) is 4.95. The molecule has 3 rings (SSSR count). The summed E-state index contributed by atoms with van der Waals surface area (Å²) in [5, 5.41) is 0. The average molecular weight is 386 g/mol. The molecule has 1 aliphatic heterocycles. The second kappa shape index (κ2) is 6.93.